The first-order chi connectivity index (χ1) is 8.24. The third-order valence-electron chi connectivity index (χ3n) is 2.60. The van der Waals surface area contributed by atoms with Crippen LogP contribution in [0.2, 0.25) is 0 Å². The number of carbonyl (C=O) groups is 1. The Kier molecular flexibility index (Phi) is 6.71. The van der Waals surface area contributed by atoms with Crippen molar-refractivity contribution < 1.29 is 4.79 Å². The Morgan fingerprint density at radius 2 is 2.06 bits per heavy atom. The molecule has 0 bridgehead atoms. The zero-order valence-corrected chi connectivity index (χ0v) is 11.4. The molecule has 0 saturated carbocycles. The monoisotopic (exact) mass is 248 g/mol. The van der Waals surface area contributed by atoms with Gasteiger partial charge in [-0.1, -0.05) is 56.3 Å². The van der Waals surface area contributed by atoms with E-state index in [1.165, 1.54) is 4.90 Å². The van der Waals surface area contributed by atoms with Crippen LogP contribution in [0.1, 0.15) is 33.1 Å². The number of ketones is 1. The third-order valence-corrected chi connectivity index (χ3v) is 3.44. The van der Waals surface area contributed by atoms with E-state index in [0.717, 1.165) is 12.8 Å². The molecule has 92 valence electrons. The summed E-state index contributed by atoms with van der Waals surface area (Å²) in [5, 5.41) is 2.02. The van der Waals surface area contributed by atoms with Crippen molar-refractivity contribution in [1.82, 2.24) is 0 Å². The highest BCUT2D eigenvalue weighted by Crippen LogP contribution is 2.19. The predicted molar refractivity (Wildman–Crippen MR) is 75.1 cm³/mol. The molecule has 1 unspecified atom stereocenters. The molecular formula is C15H20OS. The maximum absolute atomic E-state index is 11.7. The van der Waals surface area contributed by atoms with Crippen LogP contribution in [0, 0.1) is 5.92 Å². The van der Waals surface area contributed by atoms with Gasteiger partial charge < -0.3 is 0 Å². The molecule has 0 aliphatic heterocycles. The van der Waals surface area contributed by atoms with E-state index in [4.69, 9.17) is 0 Å². The molecule has 1 nitrogen and oxygen atoms in total. The van der Waals surface area contributed by atoms with E-state index in [9.17, 15) is 4.79 Å². The summed E-state index contributed by atoms with van der Waals surface area (Å²) in [4.78, 5) is 12.9. The van der Waals surface area contributed by atoms with Gasteiger partial charge in [0.15, 0.2) is 0 Å². The van der Waals surface area contributed by atoms with Crippen molar-refractivity contribution in [3.8, 4) is 0 Å². The normalized spacial score (nSPS) is 12.8. The maximum atomic E-state index is 11.7. The van der Waals surface area contributed by atoms with Gasteiger partial charge in [0, 0.05) is 17.2 Å². The number of rotatable bonds is 7. The predicted octanol–water partition coefficient (Wildman–Crippen LogP) is 4.69. The van der Waals surface area contributed by atoms with Crippen LogP contribution in [0.25, 0.3) is 0 Å². The van der Waals surface area contributed by atoms with Crippen LogP contribution in [-0.4, -0.2) is 5.78 Å². The highest BCUT2D eigenvalue weighted by Gasteiger charge is 2.07. The largest absolute Gasteiger partial charge is 0.299 e. The van der Waals surface area contributed by atoms with Crippen LogP contribution in [0.5, 0.6) is 0 Å². The fourth-order valence-electron chi connectivity index (χ4n) is 1.42. The zero-order chi connectivity index (χ0) is 12.5. The van der Waals surface area contributed by atoms with Gasteiger partial charge in [-0.2, -0.15) is 0 Å². The summed E-state index contributed by atoms with van der Waals surface area (Å²) in [6.45, 7) is 4.08. The quantitative estimate of drug-likeness (QED) is 0.651. The topological polar surface area (TPSA) is 17.1 Å². The minimum atomic E-state index is 0.0396. The summed E-state index contributed by atoms with van der Waals surface area (Å²) in [5.41, 5.74) is 0. The molecule has 2 heteroatoms. The molecule has 0 saturated heterocycles. The smallest absolute Gasteiger partial charge is 0.139 e. The molecule has 0 aromatic heterocycles. The summed E-state index contributed by atoms with van der Waals surface area (Å²) < 4.78 is 0. The minimum absolute atomic E-state index is 0.0396. The van der Waals surface area contributed by atoms with Crippen LogP contribution in [0.4, 0.5) is 0 Å². The van der Waals surface area contributed by atoms with Crippen molar-refractivity contribution >= 4 is 17.5 Å². The van der Waals surface area contributed by atoms with Crippen LogP contribution in [0.15, 0.2) is 46.7 Å². The van der Waals surface area contributed by atoms with E-state index in [1.807, 2.05) is 36.6 Å². The maximum Gasteiger partial charge on any atom is 0.139 e. The van der Waals surface area contributed by atoms with Crippen molar-refractivity contribution in [3.63, 3.8) is 0 Å². The zero-order valence-electron chi connectivity index (χ0n) is 10.6. The van der Waals surface area contributed by atoms with Gasteiger partial charge in [-0.25, -0.2) is 0 Å². The number of hydrogen-bond donors (Lipinski definition) is 0. The molecular weight excluding hydrogens is 228 g/mol. The Bertz CT molecular complexity index is 356. The van der Waals surface area contributed by atoms with E-state index < -0.39 is 0 Å². The summed E-state index contributed by atoms with van der Waals surface area (Å²) in [5.74, 6) is 0.384. The fourth-order valence-corrected chi connectivity index (χ4v) is 2.21. The second-order valence-electron chi connectivity index (χ2n) is 4.12. The molecule has 0 aliphatic rings. The van der Waals surface area contributed by atoms with E-state index in [1.54, 1.807) is 11.8 Å². The Labute approximate surface area is 108 Å². The van der Waals surface area contributed by atoms with Crippen LogP contribution in [0.3, 0.4) is 0 Å². The Morgan fingerprint density at radius 3 is 2.71 bits per heavy atom. The van der Waals surface area contributed by atoms with Gasteiger partial charge in [0.1, 0.15) is 5.78 Å². The Balaban J connectivity index is 2.35. The molecule has 1 atom stereocenters. The molecule has 0 radical (unpaired) electrons. The van der Waals surface area contributed by atoms with Crippen molar-refractivity contribution in [3.05, 3.63) is 41.8 Å². The van der Waals surface area contributed by atoms with Crippen molar-refractivity contribution in [2.24, 2.45) is 5.92 Å². The summed E-state index contributed by atoms with van der Waals surface area (Å²) in [6, 6.07) is 10.2. The van der Waals surface area contributed by atoms with Gasteiger partial charge in [-0.3, -0.25) is 4.79 Å². The first-order valence-electron chi connectivity index (χ1n) is 6.15. The summed E-state index contributed by atoms with van der Waals surface area (Å²) in [7, 11) is 0. The van der Waals surface area contributed by atoms with Gasteiger partial charge in [0.05, 0.1) is 0 Å². The number of hydrogen-bond acceptors (Lipinski definition) is 2. The summed E-state index contributed by atoms with van der Waals surface area (Å²) in [6.07, 6.45) is 4.79. The average Bonchev–Trinajstić information content (AvgIpc) is 2.37. The lowest BCUT2D eigenvalue weighted by Gasteiger charge is -2.04. The van der Waals surface area contributed by atoms with Crippen LogP contribution in [-0.2, 0) is 4.79 Å². The van der Waals surface area contributed by atoms with Gasteiger partial charge in [-0.15, -0.1) is 0 Å². The van der Waals surface area contributed by atoms with Crippen molar-refractivity contribution in [1.29, 1.82) is 0 Å². The lowest BCUT2D eigenvalue weighted by molar-refractivity contribution is -0.121. The number of Topliss-reactive ketones (excluding diaryl/α,β-unsaturated/α-hetero) is 1. The van der Waals surface area contributed by atoms with Gasteiger partial charge in [0.2, 0.25) is 0 Å². The third kappa shape index (κ3) is 5.73. The van der Waals surface area contributed by atoms with Crippen LogP contribution < -0.4 is 0 Å². The molecule has 17 heavy (non-hydrogen) atoms. The SMILES string of the molecule is CCCCC(=O)C(C)/C=C/Sc1ccccc1. The van der Waals surface area contributed by atoms with E-state index in [-0.39, 0.29) is 5.92 Å². The molecule has 1 aromatic carbocycles. The minimum Gasteiger partial charge on any atom is -0.299 e. The number of carbonyl (C=O) groups excluding carboxylic acids is 1. The second kappa shape index (κ2) is 8.13. The van der Waals surface area contributed by atoms with Gasteiger partial charge >= 0.3 is 0 Å². The molecule has 1 aromatic rings. The first kappa shape index (κ1) is 14.0. The number of thioether (sulfide) groups is 1. The van der Waals surface area contributed by atoms with E-state index >= 15 is 0 Å². The lowest BCUT2D eigenvalue weighted by atomic mass is 10.0. The van der Waals surface area contributed by atoms with Crippen molar-refractivity contribution in [2.75, 3.05) is 0 Å². The molecule has 0 amide bonds. The van der Waals surface area contributed by atoms with E-state index in [0.29, 0.717) is 12.2 Å². The number of benzene rings is 1. The highest BCUT2D eigenvalue weighted by atomic mass is 32.2. The molecule has 1 rings (SSSR count). The van der Waals surface area contributed by atoms with Crippen LogP contribution >= 0.6 is 11.8 Å². The van der Waals surface area contributed by atoms with Gasteiger partial charge in [0.25, 0.3) is 0 Å². The van der Waals surface area contributed by atoms with Gasteiger partial charge in [-0.05, 0) is 24.0 Å². The van der Waals surface area contributed by atoms with E-state index in [2.05, 4.69) is 19.1 Å². The molecule has 0 N–H and O–H groups in total. The summed E-state index contributed by atoms with van der Waals surface area (Å²) >= 11 is 1.66. The molecule has 0 spiro atoms. The van der Waals surface area contributed by atoms with Crippen molar-refractivity contribution in [2.45, 2.75) is 38.0 Å². The molecule has 0 fully saturated rings. The lowest BCUT2D eigenvalue weighted by Crippen LogP contribution is -2.07. The number of allylic oxidation sites excluding steroid dienone is 1. The first-order valence-corrected chi connectivity index (χ1v) is 7.03. The number of unbranched alkanes of at least 4 members (excludes halogenated alkanes) is 1. The molecule has 0 aliphatic carbocycles. The highest BCUT2D eigenvalue weighted by molar-refractivity contribution is 8.02. The Hall–Kier alpha value is -1.02. The standard InChI is InChI=1S/C15H20OS/c1-3-4-10-15(16)13(2)11-12-17-14-8-6-5-7-9-14/h5-9,11-13H,3-4,10H2,1-2H3/b12-11+. The molecule has 0 heterocycles. The second-order valence-corrected chi connectivity index (χ2v) is 5.10. The average molecular weight is 248 g/mol. The Morgan fingerprint density at radius 1 is 1.35 bits per heavy atom. The fraction of sp³-hybridized carbons (Fsp3) is 0.400.